The first kappa shape index (κ1) is 24.3. The summed E-state index contributed by atoms with van der Waals surface area (Å²) in [6.07, 6.45) is 0.784. The van der Waals surface area contributed by atoms with E-state index in [9.17, 15) is 8.42 Å². The highest BCUT2D eigenvalue weighted by Gasteiger charge is 2.22. The first-order chi connectivity index (χ1) is 16.4. The van der Waals surface area contributed by atoms with Gasteiger partial charge in [0.2, 0.25) is 0 Å². The molecule has 4 aromatic rings. The fourth-order valence-electron chi connectivity index (χ4n) is 3.27. The molecule has 6 nitrogen and oxygen atoms in total. The number of halogens is 1. The molecule has 0 aliphatic heterocycles. The van der Waals surface area contributed by atoms with Crippen molar-refractivity contribution in [3.8, 4) is 11.4 Å². The largest absolute Gasteiger partial charge is 0.494 e. The molecular formula is C25H24ClN3O3S2. The fourth-order valence-corrected chi connectivity index (χ4v) is 5.52. The summed E-state index contributed by atoms with van der Waals surface area (Å²) in [7, 11) is -3.57. The van der Waals surface area contributed by atoms with Gasteiger partial charge in [0.05, 0.1) is 11.5 Å². The van der Waals surface area contributed by atoms with E-state index in [0.29, 0.717) is 22.6 Å². The smallest absolute Gasteiger partial charge is 0.195 e. The van der Waals surface area contributed by atoms with E-state index < -0.39 is 9.84 Å². The third kappa shape index (κ3) is 6.20. The van der Waals surface area contributed by atoms with E-state index in [1.807, 2.05) is 54.0 Å². The minimum absolute atomic E-state index is 0.238. The van der Waals surface area contributed by atoms with Crippen LogP contribution >= 0.6 is 23.4 Å². The number of para-hydroxylation sites is 1. The summed E-state index contributed by atoms with van der Waals surface area (Å²) in [5, 5.41) is 9.87. The number of ether oxygens (including phenoxy) is 1. The van der Waals surface area contributed by atoms with Gasteiger partial charge in [-0.05, 0) is 61.9 Å². The lowest BCUT2D eigenvalue weighted by atomic mass is 10.2. The molecule has 0 radical (unpaired) electrons. The molecule has 34 heavy (non-hydrogen) atoms. The van der Waals surface area contributed by atoms with Crippen LogP contribution in [0.2, 0.25) is 5.02 Å². The molecule has 9 heteroatoms. The van der Waals surface area contributed by atoms with Crippen LogP contribution in [0.1, 0.15) is 17.8 Å². The average molecular weight is 514 g/mol. The van der Waals surface area contributed by atoms with Crippen molar-refractivity contribution < 1.29 is 13.2 Å². The van der Waals surface area contributed by atoms with Crippen LogP contribution in [0.3, 0.4) is 0 Å². The van der Waals surface area contributed by atoms with Crippen LogP contribution in [0.5, 0.6) is 5.75 Å². The van der Waals surface area contributed by atoms with Gasteiger partial charge >= 0.3 is 0 Å². The van der Waals surface area contributed by atoms with Crippen molar-refractivity contribution in [1.29, 1.82) is 0 Å². The summed E-state index contributed by atoms with van der Waals surface area (Å²) < 4.78 is 33.7. The molecule has 4 rings (SSSR count). The van der Waals surface area contributed by atoms with Gasteiger partial charge in [0.15, 0.2) is 20.8 Å². The number of sulfone groups is 1. The van der Waals surface area contributed by atoms with E-state index in [1.54, 1.807) is 36.4 Å². The van der Waals surface area contributed by atoms with Crippen molar-refractivity contribution in [2.45, 2.75) is 29.1 Å². The summed E-state index contributed by atoms with van der Waals surface area (Å²) in [6.45, 7) is 2.47. The van der Waals surface area contributed by atoms with Crippen LogP contribution < -0.4 is 4.74 Å². The van der Waals surface area contributed by atoms with Crippen molar-refractivity contribution in [2.24, 2.45) is 0 Å². The summed E-state index contributed by atoms with van der Waals surface area (Å²) in [4.78, 5) is 0.272. The molecule has 0 atom stereocenters. The predicted molar refractivity (Wildman–Crippen MR) is 136 cm³/mol. The first-order valence-corrected chi connectivity index (χ1v) is 13.7. The molecule has 0 N–H and O–H groups in total. The Kier molecular flexibility index (Phi) is 7.92. The number of hydrogen-bond donors (Lipinski definition) is 0. The van der Waals surface area contributed by atoms with Gasteiger partial charge in [0.25, 0.3) is 0 Å². The van der Waals surface area contributed by atoms with E-state index >= 15 is 0 Å². The second-order valence-corrected chi connectivity index (χ2v) is 11.1. The maximum atomic E-state index is 13.0. The van der Waals surface area contributed by atoms with Gasteiger partial charge in [-0.25, -0.2) is 8.42 Å². The Morgan fingerprint density at radius 3 is 2.35 bits per heavy atom. The molecule has 0 spiro atoms. The van der Waals surface area contributed by atoms with Crippen molar-refractivity contribution in [3.63, 3.8) is 0 Å². The minimum atomic E-state index is -3.57. The molecule has 0 aliphatic carbocycles. The number of thioether (sulfide) groups is 1. The SMILES string of the molecule is Cc1ccc(S(=O)(=O)Cc2nnc(SCCCOc3ccc(Cl)cc3)n2-c2ccccc2)cc1. The van der Waals surface area contributed by atoms with E-state index in [-0.39, 0.29) is 10.6 Å². The quantitative estimate of drug-likeness (QED) is 0.198. The van der Waals surface area contributed by atoms with Crippen molar-refractivity contribution >= 4 is 33.2 Å². The number of nitrogens with zero attached hydrogens (tertiary/aromatic N) is 3. The molecule has 1 heterocycles. The molecule has 0 saturated heterocycles. The standard InChI is InChI=1S/C25H24ClN3O3S2/c1-19-8-14-23(15-9-19)34(30,31)18-24-27-28-25(29(24)21-6-3-2-4-7-21)33-17-5-16-32-22-12-10-20(26)11-13-22/h2-4,6-15H,5,16-18H2,1H3. The van der Waals surface area contributed by atoms with Crippen molar-refractivity contribution in [2.75, 3.05) is 12.4 Å². The molecule has 0 amide bonds. The molecule has 176 valence electrons. The van der Waals surface area contributed by atoms with Gasteiger partial charge in [0.1, 0.15) is 11.5 Å². The van der Waals surface area contributed by atoms with Crippen LogP contribution in [0, 0.1) is 6.92 Å². The molecule has 0 fully saturated rings. The number of aryl methyl sites for hydroxylation is 1. The van der Waals surface area contributed by atoms with E-state index in [4.69, 9.17) is 16.3 Å². The number of benzene rings is 3. The van der Waals surface area contributed by atoms with Crippen molar-refractivity contribution in [3.05, 3.63) is 95.3 Å². The van der Waals surface area contributed by atoms with Gasteiger partial charge < -0.3 is 4.74 Å². The zero-order valence-corrected chi connectivity index (χ0v) is 21.0. The van der Waals surface area contributed by atoms with Crippen LogP contribution in [0.4, 0.5) is 0 Å². The van der Waals surface area contributed by atoms with Gasteiger partial charge in [-0.2, -0.15) is 0 Å². The van der Waals surface area contributed by atoms with E-state index in [2.05, 4.69) is 10.2 Å². The lowest BCUT2D eigenvalue weighted by molar-refractivity contribution is 0.318. The van der Waals surface area contributed by atoms with Gasteiger partial charge in [-0.3, -0.25) is 4.57 Å². The number of rotatable bonds is 10. The van der Waals surface area contributed by atoms with Crippen LogP contribution in [-0.4, -0.2) is 35.5 Å². The monoisotopic (exact) mass is 513 g/mol. The zero-order chi connectivity index (χ0) is 24.0. The van der Waals surface area contributed by atoms with Crippen LogP contribution in [0.25, 0.3) is 5.69 Å². The highest BCUT2D eigenvalue weighted by molar-refractivity contribution is 7.99. The maximum Gasteiger partial charge on any atom is 0.195 e. The topological polar surface area (TPSA) is 74.1 Å². The number of hydrogen-bond acceptors (Lipinski definition) is 6. The first-order valence-electron chi connectivity index (χ1n) is 10.7. The number of aromatic nitrogens is 3. The summed E-state index contributed by atoms with van der Waals surface area (Å²) in [6, 6.07) is 23.7. The highest BCUT2D eigenvalue weighted by Crippen LogP contribution is 2.25. The van der Waals surface area contributed by atoms with Crippen molar-refractivity contribution in [1.82, 2.24) is 14.8 Å². The predicted octanol–water partition coefficient (Wildman–Crippen LogP) is 5.76. The lowest BCUT2D eigenvalue weighted by Gasteiger charge is -2.11. The molecule has 1 aromatic heterocycles. The average Bonchev–Trinajstić information content (AvgIpc) is 3.22. The third-order valence-corrected chi connectivity index (χ3v) is 7.91. The normalized spacial score (nSPS) is 11.5. The molecule has 0 unspecified atom stereocenters. The molecule has 3 aromatic carbocycles. The Hall–Kier alpha value is -2.81. The summed E-state index contributed by atoms with van der Waals surface area (Å²) >= 11 is 7.42. The van der Waals surface area contributed by atoms with E-state index in [1.165, 1.54) is 11.8 Å². The molecule has 0 bridgehead atoms. The lowest BCUT2D eigenvalue weighted by Crippen LogP contribution is -2.11. The van der Waals surface area contributed by atoms with Crippen LogP contribution in [-0.2, 0) is 15.6 Å². The summed E-state index contributed by atoms with van der Waals surface area (Å²) in [5.41, 5.74) is 1.83. The fraction of sp³-hybridized carbons (Fsp3) is 0.200. The van der Waals surface area contributed by atoms with Gasteiger partial charge in [0, 0.05) is 16.5 Å². The Balaban J connectivity index is 1.47. The Morgan fingerprint density at radius 1 is 0.941 bits per heavy atom. The van der Waals surface area contributed by atoms with Gasteiger partial charge in [-0.1, -0.05) is 59.3 Å². The second kappa shape index (κ2) is 11.1. The minimum Gasteiger partial charge on any atom is -0.494 e. The van der Waals surface area contributed by atoms with Gasteiger partial charge in [-0.15, -0.1) is 10.2 Å². The Labute approximate surface area is 208 Å². The van der Waals surface area contributed by atoms with Crippen LogP contribution in [0.15, 0.2) is 88.9 Å². The molecular weight excluding hydrogens is 490 g/mol. The summed E-state index contributed by atoms with van der Waals surface area (Å²) in [5.74, 6) is 1.65. The highest BCUT2D eigenvalue weighted by atomic mass is 35.5. The molecule has 0 saturated carbocycles. The van der Waals surface area contributed by atoms with E-state index in [0.717, 1.165) is 29.2 Å². The Bertz CT molecular complexity index is 1320. The third-order valence-electron chi connectivity index (χ3n) is 5.02. The second-order valence-electron chi connectivity index (χ2n) is 7.65. The maximum absolute atomic E-state index is 13.0. The zero-order valence-electron chi connectivity index (χ0n) is 18.6. The molecule has 0 aliphatic rings. The Morgan fingerprint density at radius 2 is 1.65 bits per heavy atom.